The average Bonchev–Trinajstić information content (AvgIpc) is 2.99. The molecular weight excluding hydrogens is 566 g/mol. The minimum absolute atomic E-state index is 0.113. The number of aromatic nitrogens is 2. The van der Waals surface area contributed by atoms with Gasteiger partial charge in [0.2, 0.25) is 5.91 Å². The average molecular weight is 604 g/mol. The SMILES string of the molecule is COc1cc2ccc1CNC(=O)COc1cc(ccc1C)C(=O)N[C@H]1CN(C(=O)CCn3c(C)cc(C)nc3=O)CC[C@H]1O2. The van der Waals surface area contributed by atoms with Crippen molar-refractivity contribution >= 4 is 17.7 Å². The molecule has 0 aliphatic carbocycles. The van der Waals surface area contributed by atoms with Crippen LogP contribution in [0.1, 0.15) is 45.7 Å². The van der Waals surface area contributed by atoms with Gasteiger partial charge >= 0.3 is 5.69 Å². The van der Waals surface area contributed by atoms with Gasteiger partial charge in [0.1, 0.15) is 23.4 Å². The van der Waals surface area contributed by atoms with Crippen LogP contribution in [-0.2, 0) is 22.7 Å². The molecule has 4 heterocycles. The monoisotopic (exact) mass is 603 g/mol. The van der Waals surface area contributed by atoms with Crippen LogP contribution in [0.3, 0.4) is 0 Å². The largest absolute Gasteiger partial charge is 0.496 e. The van der Waals surface area contributed by atoms with E-state index in [0.717, 1.165) is 16.8 Å². The number of fused-ring (bicyclic) bond motifs is 7. The summed E-state index contributed by atoms with van der Waals surface area (Å²) in [4.78, 5) is 57.4. The number of amides is 3. The Labute approximate surface area is 255 Å². The molecule has 2 atom stereocenters. The molecule has 12 nitrogen and oxygen atoms in total. The molecule has 4 bridgehead atoms. The number of aryl methyl sites for hydroxylation is 3. The van der Waals surface area contributed by atoms with E-state index < -0.39 is 12.1 Å². The number of piperidine rings is 1. The minimum atomic E-state index is -0.541. The molecule has 44 heavy (non-hydrogen) atoms. The summed E-state index contributed by atoms with van der Waals surface area (Å²) < 4.78 is 19.2. The Kier molecular flexibility index (Phi) is 9.17. The molecule has 3 aliphatic rings. The number of benzene rings is 2. The summed E-state index contributed by atoms with van der Waals surface area (Å²) in [6.45, 7) is 6.27. The summed E-state index contributed by atoms with van der Waals surface area (Å²) in [5, 5.41) is 5.89. The van der Waals surface area contributed by atoms with Crippen LogP contribution in [0.2, 0.25) is 0 Å². The summed E-state index contributed by atoms with van der Waals surface area (Å²) in [5.74, 6) is 0.677. The van der Waals surface area contributed by atoms with Gasteiger partial charge < -0.3 is 29.7 Å². The highest BCUT2D eigenvalue weighted by Crippen LogP contribution is 2.28. The van der Waals surface area contributed by atoms with Crippen LogP contribution in [-0.4, -0.2) is 71.1 Å². The van der Waals surface area contributed by atoms with Crippen LogP contribution >= 0.6 is 0 Å². The summed E-state index contributed by atoms with van der Waals surface area (Å²) in [6, 6.07) is 11.7. The Balaban J connectivity index is 1.39. The van der Waals surface area contributed by atoms with Crippen molar-refractivity contribution in [3.63, 3.8) is 0 Å². The lowest BCUT2D eigenvalue weighted by molar-refractivity contribution is -0.134. The van der Waals surface area contributed by atoms with E-state index in [1.165, 1.54) is 4.57 Å². The lowest BCUT2D eigenvalue weighted by atomic mass is 10.00. The number of rotatable bonds is 4. The molecule has 12 heteroatoms. The highest BCUT2D eigenvalue weighted by molar-refractivity contribution is 5.95. The van der Waals surface area contributed by atoms with E-state index in [1.807, 2.05) is 26.0 Å². The van der Waals surface area contributed by atoms with Crippen LogP contribution in [0.15, 0.2) is 47.3 Å². The standard InChI is InChI=1S/C32H37N5O7/c1-19-5-6-22-14-27(19)43-18-29(38)33-16-23-7-8-24(15-28(23)42-4)44-26-9-11-36(17-25(26)35-31(22)40)30(39)10-12-37-21(3)13-20(2)34-32(37)41/h5-8,13-15,25-26H,9-12,16-18H2,1-4H3,(H,33,38)(H,35,40)/t25-,26+/m0/s1. The molecule has 1 aromatic heterocycles. The van der Waals surface area contributed by atoms with Crippen molar-refractivity contribution in [1.82, 2.24) is 25.1 Å². The minimum Gasteiger partial charge on any atom is -0.496 e. The zero-order valence-electron chi connectivity index (χ0n) is 25.3. The molecule has 1 saturated heterocycles. The zero-order valence-corrected chi connectivity index (χ0v) is 25.3. The lowest BCUT2D eigenvalue weighted by Crippen LogP contribution is -2.58. The first-order chi connectivity index (χ1) is 21.1. The van der Waals surface area contributed by atoms with E-state index in [9.17, 15) is 19.2 Å². The van der Waals surface area contributed by atoms with Crippen LogP contribution in [0.25, 0.3) is 0 Å². The molecule has 0 saturated carbocycles. The third-order valence-corrected chi connectivity index (χ3v) is 7.95. The number of carbonyl (C=O) groups is 3. The number of hydrogen-bond donors (Lipinski definition) is 2. The number of carbonyl (C=O) groups excluding carboxylic acids is 3. The molecule has 2 aromatic carbocycles. The van der Waals surface area contributed by atoms with Gasteiger partial charge in [-0.25, -0.2) is 4.79 Å². The Morgan fingerprint density at radius 3 is 2.68 bits per heavy atom. The van der Waals surface area contributed by atoms with E-state index >= 15 is 0 Å². The highest BCUT2D eigenvalue weighted by Gasteiger charge is 2.34. The molecule has 1 fully saturated rings. The number of methoxy groups -OCH3 is 1. The highest BCUT2D eigenvalue weighted by atomic mass is 16.5. The van der Waals surface area contributed by atoms with Gasteiger partial charge in [0.15, 0.2) is 6.61 Å². The van der Waals surface area contributed by atoms with Gasteiger partial charge in [-0.15, -0.1) is 0 Å². The maximum Gasteiger partial charge on any atom is 0.347 e. The van der Waals surface area contributed by atoms with Crippen LogP contribution < -0.4 is 30.5 Å². The molecule has 3 aromatic rings. The third-order valence-electron chi connectivity index (χ3n) is 7.95. The molecular formula is C32H37N5O7. The number of nitrogens with one attached hydrogen (secondary N) is 2. The van der Waals surface area contributed by atoms with Crippen LogP contribution in [0.4, 0.5) is 0 Å². The summed E-state index contributed by atoms with van der Waals surface area (Å²) in [7, 11) is 1.54. The molecule has 0 radical (unpaired) electrons. The summed E-state index contributed by atoms with van der Waals surface area (Å²) in [6.07, 6.45) is 0.132. The van der Waals surface area contributed by atoms with Gasteiger partial charge in [-0.05, 0) is 56.7 Å². The Bertz CT molecular complexity index is 1640. The maximum atomic E-state index is 13.5. The normalized spacial score (nSPS) is 18.7. The fourth-order valence-corrected chi connectivity index (χ4v) is 5.50. The summed E-state index contributed by atoms with van der Waals surface area (Å²) >= 11 is 0. The second-order valence-electron chi connectivity index (χ2n) is 11.1. The van der Waals surface area contributed by atoms with Crippen molar-refractivity contribution in [2.45, 2.75) is 58.8 Å². The second kappa shape index (κ2) is 13.2. The zero-order chi connectivity index (χ0) is 31.4. The van der Waals surface area contributed by atoms with E-state index in [4.69, 9.17) is 14.2 Å². The molecule has 3 aliphatic heterocycles. The molecule has 232 valence electrons. The van der Waals surface area contributed by atoms with Crippen molar-refractivity contribution in [3.8, 4) is 17.2 Å². The van der Waals surface area contributed by atoms with Crippen LogP contribution in [0.5, 0.6) is 17.2 Å². The van der Waals surface area contributed by atoms with Crippen LogP contribution in [0, 0.1) is 20.8 Å². The second-order valence-corrected chi connectivity index (χ2v) is 11.1. The quantitative estimate of drug-likeness (QED) is 0.462. The van der Waals surface area contributed by atoms with E-state index in [0.29, 0.717) is 41.5 Å². The molecule has 0 unspecified atom stereocenters. The number of hydrogen-bond acceptors (Lipinski definition) is 8. The topological polar surface area (TPSA) is 141 Å². The Hall–Kier alpha value is -4.87. The van der Waals surface area contributed by atoms with Gasteiger partial charge in [0.05, 0.1) is 13.2 Å². The van der Waals surface area contributed by atoms with Crippen molar-refractivity contribution in [2.75, 3.05) is 26.8 Å². The first kappa shape index (κ1) is 30.6. The summed E-state index contributed by atoms with van der Waals surface area (Å²) in [5.41, 5.74) is 2.88. The predicted octanol–water partition coefficient (Wildman–Crippen LogP) is 2.05. The van der Waals surface area contributed by atoms with Gasteiger partial charge in [-0.3, -0.25) is 19.0 Å². The first-order valence-electron chi connectivity index (χ1n) is 14.6. The van der Waals surface area contributed by atoms with Crippen molar-refractivity contribution in [1.29, 1.82) is 0 Å². The predicted molar refractivity (Wildman–Crippen MR) is 161 cm³/mol. The van der Waals surface area contributed by atoms with E-state index in [2.05, 4.69) is 15.6 Å². The number of nitrogens with zero attached hydrogens (tertiary/aromatic N) is 3. The Morgan fingerprint density at radius 2 is 1.91 bits per heavy atom. The third kappa shape index (κ3) is 7.01. The van der Waals surface area contributed by atoms with Crippen molar-refractivity contribution in [2.24, 2.45) is 0 Å². The van der Waals surface area contributed by atoms with Gasteiger partial charge in [-0.2, -0.15) is 4.98 Å². The lowest BCUT2D eigenvalue weighted by Gasteiger charge is -2.39. The van der Waals surface area contributed by atoms with Crippen molar-refractivity contribution in [3.05, 3.63) is 81.0 Å². The fraction of sp³-hybridized carbons (Fsp3) is 0.406. The van der Waals surface area contributed by atoms with Gasteiger partial charge in [-0.1, -0.05) is 6.07 Å². The molecule has 0 spiro atoms. The van der Waals surface area contributed by atoms with E-state index in [-0.39, 0.29) is 56.1 Å². The van der Waals surface area contributed by atoms with Crippen molar-refractivity contribution < 1.29 is 28.6 Å². The maximum absolute atomic E-state index is 13.5. The number of ether oxygens (including phenoxy) is 3. The molecule has 6 rings (SSSR count). The smallest absolute Gasteiger partial charge is 0.347 e. The Morgan fingerprint density at radius 1 is 1.09 bits per heavy atom. The first-order valence-corrected chi connectivity index (χ1v) is 14.6. The van der Waals surface area contributed by atoms with E-state index in [1.54, 1.807) is 49.3 Å². The molecule has 2 N–H and O–H groups in total. The molecule has 3 amide bonds. The fourth-order valence-electron chi connectivity index (χ4n) is 5.50. The van der Waals surface area contributed by atoms with Gasteiger partial charge in [0.25, 0.3) is 11.8 Å². The number of likely N-dealkylation sites (tertiary alicyclic amines) is 1. The van der Waals surface area contributed by atoms with Gasteiger partial charge in [0, 0.05) is 67.6 Å².